The maximum absolute atomic E-state index is 8.72. The Labute approximate surface area is 108 Å². The molecule has 0 N–H and O–H groups in total. The van der Waals surface area contributed by atoms with Gasteiger partial charge in [-0.05, 0) is 24.3 Å². The molecular weight excluding hydrogens is 222 g/mol. The van der Waals surface area contributed by atoms with Gasteiger partial charge in [0.05, 0.1) is 0 Å². The lowest BCUT2D eigenvalue weighted by Crippen LogP contribution is -2.28. The van der Waals surface area contributed by atoms with Crippen molar-refractivity contribution in [3.8, 4) is 12.1 Å². The second-order valence-corrected chi connectivity index (χ2v) is 4.49. The Morgan fingerprint density at radius 2 is 1.72 bits per heavy atom. The van der Waals surface area contributed by atoms with Crippen molar-refractivity contribution in [2.45, 2.75) is 18.8 Å². The number of likely N-dealkylation sites (tertiary alicyclic amines) is 1. The lowest BCUT2D eigenvalue weighted by atomic mass is 9.89. The summed E-state index contributed by atoms with van der Waals surface area (Å²) in [4.78, 5) is 2.07. The van der Waals surface area contributed by atoms with Crippen molar-refractivity contribution in [2.75, 3.05) is 13.1 Å². The van der Waals surface area contributed by atoms with Crippen LogP contribution in [0.25, 0.3) is 0 Å². The third-order valence-corrected chi connectivity index (χ3v) is 3.35. The summed E-state index contributed by atoms with van der Waals surface area (Å²) in [5.74, 6) is 0.600. The number of rotatable bonds is 2. The van der Waals surface area contributed by atoms with E-state index >= 15 is 0 Å². The number of allylic oxidation sites excluding steroid dienone is 1. The standard InChI is InChI=1S/C15H15N3/c16-10-13(11-17)12-18-8-6-15(7-9-18)14-4-2-1-3-5-14/h1-5,12,15H,6-9H2. The van der Waals surface area contributed by atoms with E-state index in [0.717, 1.165) is 25.9 Å². The van der Waals surface area contributed by atoms with Crippen LogP contribution in [-0.2, 0) is 0 Å². The fraction of sp³-hybridized carbons (Fsp3) is 0.333. The molecule has 90 valence electrons. The number of benzene rings is 1. The minimum atomic E-state index is 0.188. The first-order valence-electron chi connectivity index (χ1n) is 6.14. The van der Waals surface area contributed by atoms with Gasteiger partial charge < -0.3 is 4.90 Å². The smallest absolute Gasteiger partial charge is 0.145 e. The lowest BCUT2D eigenvalue weighted by Gasteiger charge is -2.31. The second kappa shape index (κ2) is 5.89. The van der Waals surface area contributed by atoms with Crippen LogP contribution in [0.15, 0.2) is 42.1 Å². The van der Waals surface area contributed by atoms with Crippen molar-refractivity contribution in [1.29, 1.82) is 10.5 Å². The maximum Gasteiger partial charge on any atom is 0.145 e. The molecule has 3 nitrogen and oxygen atoms in total. The Hall–Kier alpha value is -2.26. The summed E-state index contributed by atoms with van der Waals surface area (Å²) >= 11 is 0. The quantitative estimate of drug-likeness (QED) is 0.743. The van der Waals surface area contributed by atoms with Gasteiger partial charge in [0.15, 0.2) is 0 Å². The van der Waals surface area contributed by atoms with E-state index in [1.54, 1.807) is 6.20 Å². The fourth-order valence-electron chi connectivity index (χ4n) is 2.35. The Morgan fingerprint density at radius 1 is 1.11 bits per heavy atom. The normalized spacial score (nSPS) is 15.6. The molecule has 2 rings (SSSR count). The molecule has 0 aliphatic carbocycles. The molecule has 1 aliphatic heterocycles. The van der Waals surface area contributed by atoms with E-state index in [-0.39, 0.29) is 5.57 Å². The number of nitriles is 2. The zero-order valence-corrected chi connectivity index (χ0v) is 10.2. The zero-order chi connectivity index (χ0) is 12.8. The Morgan fingerprint density at radius 3 is 2.28 bits per heavy atom. The highest BCUT2D eigenvalue weighted by molar-refractivity contribution is 5.34. The highest BCUT2D eigenvalue weighted by Gasteiger charge is 2.18. The summed E-state index contributed by atoms with van der Waals surface area (Å²) in [5, 5.41) is 17.4. The van der Waals surface area contributed by atoms with Crippen LogP contribution in [0.1, 0.15) is 24.3 Å². The molecule has 0 radical (unpaired) electrons. The molecule has 0 bridgehead atoms. The molecule has 1 fully saturated rings. The van der Waals surface area contributed by atoms with Gasteiger partial charge in [-0.25, -0.2) is 0 Å². The largest absolute Gasteiger partial charge is 0.376 e. The van der Waals surface area contributed by atoms with Gasteiger partial charge in [0.1, 0.15) is 17.7 Å². The van der Waals surface area contributed by atoms with E-state index in [1.165, 1.54) is 5.56 Å². The fourth-order valence-corrected chi connectivity index (χ4v) is 2.35. The second-order valence-electron chi connectivity index (χ2n) is 4.49. The molecule has 0 atom stereocenters. The van der Waals surface area contributed by atoms with Crippen molar-refractivity contribution in [2.24, 2.45) is 0 Å². The van der Waals surface area contributed by atoms with Gasteiger partial charge in [-0.2, -0.15) is 10.5 Å². The first-order valence-corrected chi connectivity index (χ1v) is 6.14. The van der Waals surface area contributed by atoms with E-state index in [4.69, 9.17) is 10.5 Å². The minimum absolute atomic E-state index is 0.188. The molecule has 0 saturated carbocycles. The molecule has 1 saturated heterocycles. The Balaban J connectivity index is 1.96. The first-order chi connectivity index (χ1) is 8.83. The van der Waals surface area contributed by atoms with Crippen LogP contribution in [0, 0.1) is 22.7 Å². The van der Waals surface area contributed by atoms with Crippen LogP contribution in [-0.4, -0.2) is 18.0 Å². The van der Waals surface area contributed by atoms with Crippen molar-refractivity contribution < 1.29 is 0 Å². The van der Waals surface area contributed by atoms with Gasteiger partial charge in [0, 0.05) is 19.3 Å². The number of hydrogen-bond acceptors (Lipinski definition) is 3. The van der Waals surface area contributed by atoms with E-state index in [2.05, 4.69) is 29.2 Å². The van der Waals surface area contributed by atoms with Crippen LogP contribution >= 0.6 is 0 Å². The summed E-state index contributed by atoms with van der Waals surface area (Å²) in [6.45, 7) is 1.82. The molecule has 0 amide bonds. The summed E-state index contributed by atoms with van der Waals surface area (Å²) < 4.78 is 0. The zero-order valence-electron chi connectivity index (χ0n) is 10.2. The van der Waals surface area contributed by atoms with Crippen molar-refractivity contribution in [3.63, 3.8) is 0 Å². The highest BCUT2D eigenvalue weighted by atomic mass is 15.1. The predicted molar refractivity (Wildman–Crippen MR) is 69.3 cm³/mol. The lowest BCUT2D eigenvalue weighted by molar-refractivity contribution is 0.283. The van der Waals surface area contributed by atoms with Crippen LogP contribution in [0.5, 0.6) is 0 Å². The Kier molecular flexibility index (Phi) is 3.99. The third kappa shape index (κ3) is 2.90. The van der Waals surface area contributed by atoms with Crippen LogP contribution in [0.3, 0.4) is 0 Å². The topological polar surface area (TPSA) is 50.8 Å². The van der Waals surface area contributed by atoms with E-state index in [0.29, 0.717) is 5.92 Å². The summed E-state index contributed by atoms with van der Waals surface area (Å²) in [7, 11) is 0. The molecule has 0 spiro atoms. The molecular formula is C15H15N3. The van der Waals surface area contributed by atoms with Crippen LogP contribution in [0.2, 0.25) is 0 Å². The monoisotopic (exact) mass is 237 g/mol. The SMILES string of the molecule is N#CC(C#N)=CN1CCC(c2ccccc2)CC1. The maximum atomic E-state index is 8.72. The van der Waals surface area contributed by atoms with Crippen molar-refractivity contribution in [1.82, 2.24) is 4.90 Å². The van der Waals surface area contributed by atoms with Gasteiger partial charge in [-0.3, -0.25) is 0 Å². The van der Waals surface area contributed by atoms with Crippen LogP contribution in [0.4, 0.5) is 0 Å². The molecule has 0 aromatic heterocycles. The number of nitrogens with zero attached hydrogens (tertiary/aromatic N) is 3. The minimum Gasteiger partial charge on any atom is -0.376 e. The van der Waals surface area contributed by atoms with Gasteiger partial charge in [0.25, 0.3) is 0 Å². The molecule has 18 heavy (non-hydrogen) atoms. The van der Waals surface area contributed by atoms with Crippen molar-refractivity contribution in [3.05, 3.63) is 47.7 Å². The Bertz CT molecular complexity index is 481. The highest BCUT2D eigenvalue weighted by Crippen LogP contribution is 2.27. The predicted octanol–water partition coefficient (Wildman–Crippen LogP) is 2.80. The van der Waals surface area contributed by atoms with Gasteiger partial charge in [-0.1, -0.05) is 30.3 Å². The number of hydrogen-bond donors (Lipinski definition) is 0. The summed E-state index contributed by atoms with van der Waals surface area (Å²) in [6.07, 6.45) is 3.83. The van der Waals surface area contributed by atoms with Crippen LogP contribution < -0.4 is 0 Å². The molecule has 0 unspecified atom stereocenters. The first kappa shape index (κ1) is 12.2. The summed E-state index contributed by atoms with van der Waals surface area (Å²) in [5.41, 5.74) is 1.58. The van der Waals surface area contributed by atoms with E-state index in [1.807, 2.05) is 18.2 Å². The van der Waals surface area contributed by atoms with Crippen molar-refractivity contribution >= 4 is 0 Å². The van der Waals surface area contributed by atoms with Gasteiger partial charge >= 0.3 is 0 Å². The molecule has 1 aliphatic rings. The third-order valence-electron chi connectivity index (χ3n) is 3.35. The van der Waals surface area contributed by atoms with Gasteiger partial charge in [-0.15, -0.1) is 0 Å². The average Bonchev–Trinajstić information content (AvgIpc) is 2.46. The summed E-state index contributed by atoms with van der Waals surface area (Å²) in [6, 6.07) is 14.3. The van der Waals surface area contributed by atoms with Gasteiger partial charge in [0.2, 0.25) is 0 Å². The van der Waals surface area contributed by atoms with E-state index < -0.39 is 0 Å². The molecule has 1 aromatic carbocycles. The molecule has 1 heterocycles. The molecule has 1 aromatic rings. The molecule has 3 heteroatoms. The number of piperidine rings is 1. The van der Waals surface area contributed by atoms with E-state index in [9.17, 15) is 0 Å². The average molecular weight is 237 g/mol.